The number of carbonyl (C=O) groups excluding carboxylic acids is 2. The fourth-order valence-corrected chi connectivity index (χ4v) is 4.55. The number of esters is 1. The number of amides is 1. The highest BCUT2D eigenvalue weighted by Crippen LogP contribution is 2.48. The first-order chi connectivity index (χ1) is 14.5. The third kappa shape index (κ3) is 2.38. The second-order valence-corrected chi connectivity index (χ2v) is 8.43. The van der Waals surface area contributed by atoms with Gasteiger partial charge in [-0.3, -0.25) is 9.79 Å². The van der Waals surface area contributed by atoms with Gasteiger partial charge in [0.1, 0.15) is 5.71 Å². The maximum Gasteiger partial charge on any atom is 0.337 e. The highest BCUT2D eigenvalue weighted by atomic mass is 16.5. The maximum absolute atomic E-state index is 12.3. The molecular weight excluding hydrogens is 380 g/mol. The van der Waals surface area contributed by atoms with E-state index in [0.717, 1.165) is 59.0 Å². The molecule has 0 N–H and O–H groups in total. The van der Waals surface area contributed by atoms with Crippen molar-refractivity contribution in [1.29, 1.82) is 0 Å². The number of ether oxygens (including phenoxy) is 1. The van der Waals surface area contributed by atoms with Crippen molar-refractivity contribution in [2.45, 2.75) is 24.9 Å². The smallest absolute Gasteiger partial charge is 0.337 e. The number of hydrogen-bond donors (Lipinski definition) is 0. The highest BCUT2D eigenvalue weighted by Gasteiger charge is 2.51. The topological polar surface area (TPSA) is 74.6 Å². The quantitative estimate of drug-likeness (QED) is 0.727. The monoisotopic (exact) mass is 400 g/mol. The Hall–Kier alpha value is -3.48. The Balaban J connectivity index is 1.51. The zero-order valence-corrected chi connectivity index (χ0v) is 16.8. The fourth-order valence-electron chi connectivity index (χ4n) is 4.55. The molecule has 3 heterocycles. The summed E-state index contributed by atoms with van der Waals surface area (Å²) in [5, 5.41) is 0. The molecule has 7 nitrogen and oxygen atoms in total. The van der Waals surface area contributed by atoms with Gasteiger partial charge in [0.2, 0.25) is 0 Å². The standard InChI is InChI=1S/C23H20N4O3/c1-26-11-15-9-13(3-5-16(15)21(26)28)19-20-25-23(7-8-23)12-27(20)18-6-4-14(22(29)30-2)10-17(18)24-19/h3-6,9-10H,7-8,11-12H2,1-2H3. The van der Waals surface area contributed by atoms with Crippen molar-refractivity contribution in [3.63, 3.8) is 0 Å². The Bertz CT molecular complexity index is 1210. The van der Waals surface area contributed by atoms with Crippen LogP contribution in [0.25, 0.3) is 0 Å². The number of anilines is 1. The Morgan fingerprint density at radius 2 is 2.00 bits per heavy atom. The molecule has 1 spiro atoms. The van der Waals surface area contributed by atoms with E-state index in [4.69, 9.17) is 14.7 Å². The van der Waals surface area contributed by atoms with Crippen molar-refractivity contribution in [2.75, 3.05) is 25.6 Å². The van der Waals surface area contributed by atoms with E-state index in [1.807, 2.05) is 31.3 Å². The van der Waals surface area contributed by atoms with Gasteiger partial charge in [-0.2, -0.15) is 0 Å². The number of fused-ring (bicyclic) bond motifs is 4. The molecule has 150 valence electrons. The van der Waals surface area contributed by atoms with Gasteiger partial charge in [0.15, 0.2) is 5.84 Å². The molecule has 0 aromatic heterocycles. The number of aliphatic imine (C=N–C) groups is 2. The normalized spacial score (nSPS) is 19.9. The Morgan fingerprint density at radius 3 is 2.77 bits per heavy atom. The van der Waals surface area contributed by atoms with Crippen LogP contribution in [0, 0.1) is 0 Å². The lowest BCUT2D eigenvalue weighted by Crippen LogP contribution is -2.37. The number of benzene rings is 2. The van der Waals surface area contributed by atoms with Crippen molar-refractivity contribution in [2.24, 2.45) is 9.98 Å². The average Bonchev–Trinajstić information content (AvgIpc) is 3.30. The first kappa shape index (κ1) is 17.4. The van der Waals surface area contributed by atoms with Gasteiger partial charge in [0, 0.05) is 24.7 Å². The minimum Gasteiger partial charge on any atom is -0.465 e. The molecule has 0 saturated heterocycles. The zero-order valence-electron chi connectivity index (χ0n) is 16.8. The number of rotatable bonds is 2. The van der Waals surface area contributed by atoms with Gasteiger partial charge in [-0.15, -0.1) is 0 Å². The number of nitrogens with zero attached hydrogens (tertiary/aromatic N) is 4. The van der Waals surface area contributed by atoms with Crippen LogP contribution in [0.2, 0.25) is 0 Å². The fraction of sp³-hybridized carbons (Fsp3) is 0.304. The van der Waals surface area contributed by atoms with Crippen LogP contribution in [0.3, 0.4) is 0 Å². The Labute approximate surface area is 173 Å². The molecule has 0 radical (unpaired) electrons. The summed E-state index contributed by atoms with van der Waals surface area (Å²) in [6.45, 7) is 1.43. The lowest BCUT2D eigenvalue weighted by atomic mass is 10.00. The van der Waals surface area contributed by atoms with E-state index in [1.165, 1.54) is 7.11 Å². The van der Waals surface area contributed by atoms with Crippen molar-refractivity contribution in [3.8, 4) is 0 Å². The molecular formula is C23H20N4O3. The maximum atomic E-state index is 12.3. The molecule has 7 heteroatoms. The van der Waals surface area contributed by atoms with Gasteiger partial charge in [-0.25, -0.2) is 9.79 Å². The molecule has 4 aliphatic rings. The van der Waals surface area contributed by atoms with Crippen molar-refractivity contribution < 1.29 is 14.3 Å². The molecule has 6 rings (SSSR count). The number of amidine groups is 1. The highest BCUT2D eigenvalue weighted by molar-refractivity contribution is 6.54. The van der Waals surface area contributed by atoms with Crippen LogP contribution in [-0.2, 0) is 11.3 Å². The van der Waals surface area contributed by atoms with E-state index in [2.05, 4.69) is 4.90 Å². The summed E-state index contributed by atoms with van der Waals surface area (Å²) in [5.41, 5.74) is 5.64. The van der Waals surface area contributed by atoms with Gasteiger partial charge in [0.05, 0.1) is 36.1 Å². The molecule has 1 amide bonds. The summed E-state index contributed by atoms with van der Waals surface area (Å²) in [6.07, 6.45) is 2.17. The second-order valence-electron chi connectivity index (χ2n) is 8.43. The lowest BCUT2D eigenvalue weighted by Gasteiger charge is -2.28. The van der Waals surface area contributed by atoms with Gasteiger partial charge in [-0.05, 0) is 48.7 Å². The molecule has 1 fully saturated rings. The second kappa shape index (κ2) is 5.78. The number of methoxy groups -OCH3 is 1. The van der Waals surface area contributed by atoms with E-state index in [0.29, 0.717) is 12.1 Å². The van der Waals surface area contributed by atoms with Gasteiger partial charge in [0.25, 0.3) is 5.91 Å². The summed E-state index contributed by atoms with van der Waals surface area (Å²) in [6, 6.07) is 11.4. The lowest BCUT2D eigenvalue weighted by molar-refractivity contribution is 0.0600. The molecule has 0 atom stereocenters. The molecule has 1 saturated carbocycles. The van der Waals surface area contributed by atoms with E-state index >= 15 is 0 Å². The largest absolute Gasteiger partial charge is 0.465 e. The summed E-state index contributed by atoms with van der Waals surface area (Å²) in [7, 11) is 3.19. The molecule has 2 aromatic rings. The SMILES string of the molecule is COC(=O)c1ccc2c(c1)N=C(c1ccc3c(c1)CN(C)C3=O)C1=NC3(CC3)CN12. The summed E-state index contributed by atoms with van der Waals surface area (Å²) >= 11 is 0. The number of hydrogen-bond acceptors (Lipinski definition) is 6. The summed E-state index contributed by atoms with van der Waals surface area (Å²) in [4.78, 5) is 38.2. The minimum absolute atomic E-state index is 0.00829. The van der Waals surface area contributed by atoms with Gasteiger partial charge < -0.3 is 14.5 Å². The molecule has 2 aromatic carbocycles. The third-order valence-corrected chi connectivity index (χ3v) is 6.37. The van der Waals surface area contributed by atoms with E-state index in [-0.39, 0.29) is 17.4 Å². The molecule has 1 aliphatic carbocycles. The van der Waals surface area contributed by atoms with Crippen molar-refractivity contribution >= 4 is 34.8 Å². The van der Waals surface area contributed by atoms with Crippen LogP contribution < -0.4 is 4.90 Å². The van der Waals surface area contributed by atoms with Crippen LogP contribution in [0.1, 0.15) is 44.7 Å². The van der Waals surface area contributed by atoms with E-state index < -0.39 is 0 Å². The predicted molar refractivity (Wildman–Crippen MR) is 113 cm³/mol. The van der Waals surface area contributed by atoms with Gasteiger partial charge >= 0.3 is 5.97 Å². The molecule has 30 heavy (non-hydrogen) atoms. The van der Waals surface area contributed by atoms with Crippen LogP contribution in [0.15, 0.2) is 46.4 Å². The zero-order chi connectivity index (χ0) is 20.6. The average molecular weight is 400 g/mol. The van der Waals surface area contributed by atoms with Crippen LogP contribution in [0.4, 0.5) is 11.4 Å². The number of carbonyl (C=O) groups is 2. The van der Waals surface area contributed by atoms with E-state index in [1.54, 1.807) is 17.0 Å². The van der Waals surface area contributed by atoms with E-state index in [9.17, 15) is 9.59 Å². The summed E-state index contributed by atoms with van der Waals surface area (Å²) in [5.74, 6) is 0.545. The minimum atomic E-state index is -0.381. The first-order valence-corrected chi connectivity index (χ1v) is 10.1. The Kier molecular flexibility index (Phi) is 3.35. The van der Waals surface area contributed by atoms with Crippen LogP contribution >= 0.6 is 0 Å². The molecule has 3 aliphatic heterocycles. The molecule has 0 unspecified atom stereocenters. The van der Waals surface area contributed by atoms with Crippen LogP contribution in [0.5, 0.6) is 0 Å². The third-order valence-electron chi connectivity index (χ3n) is 6.37. The molecule has 0 bridgehead atoms. The van der Waals surface area contributed by atoms with Crippen LogP contribution in [-0.4, -0.2) is 54.6 Å². The first-order valence-electron chi connectivity index (χ1n) is 10.1. The Morgan fingerprint density at radius 1 is 1.17 bits per heavy atom. The summed E-state index contributed by atoms with van der Waals surface area (Å²) < 4.78 is 4.88. The van der Waals surface area contributed by atoms with Crippen molar-refractivity contribution in [1.82, 2.24) is 4.90 Å². The predicted octanol–water partition coefficient (Wildman–Crippen LogP) is 2.94. The van der Waals surface area contributed by atoms with Crippen molar-refractivity contribution in [3.05, 3.63) is 58.7 Å². The van der Waals surface area contributed by atoms with Gasteiger partial charge in [-0.1, -0.05) is 6.07 Å².